The first kappa shape index (κ1) is 50.1. The zero-order chi connectivity index (χ0) is 48.5. The fourth-order valence-corrected chi connectivity index (χ4v) is 10.4. The smallest absolute Gasteiger partial charge is 0.416 e. The van der Waals surface area contributed by atoms with Crippen LogP contribution in [0.25, 0.3) is 0 Å². The lowest BCUT2D eigenvalue weighted by molar-refractivity contribution is -0.914. The van der Waals surface area contributed by atoms with Crippen LogP contribution in [-0.2, 0) is 71.7 Å². The normalized spacial score (nSPS) is 20.3. The van der Waals surface area contributed by atoms with Gasteiger partial charge in [-0.2, -0.15) is 26.3 Å². The molecule has 2 saturated heterocycles. The Balaban J connectivity index is 0.000000199. The van der Waals surface area contributed by atoms with Gasteiger partial charge in [-0.25, -0.2) is 25.4 Å². The predicted molar refractivity (Wildman–Crippen MR) is 230 cm³/mol. The molecule has 2 fully saturated rings. The maximum absolute atomic E-state index is 13.1. The summed E-state index contributed by atoms with van der Waals surface area (Å²) in [6, 6.07) is 9.54. The number of alkyl halides is 6. The van der Waals surface area contributed by atoms with Gasteiger partial charge in [0.2, 0.25) is 42.4 Å². The summed E-state index contributed by atoms with van der Waals surface area (Å²) in [5, 5.41) is 13.1. The summed E-state index contributed by atoms with van der Waals surface area (Å²) in [6.45, 7) is 2.94. The number of nitrogens with zero attached hydrogens (tertiary/aromatic N) is 4. The minimum atomic E-state index is -4.48. The average Bonchev–Trinajstić information content (AvgIpc) is 3.80. The van der Waals surface area contributed by atoms with Crippen LogP contribution < -0.4 is 20.3 Å². The summed E-state index contributed by atoms with van der Waals surface area (Å²) in [5.41, 5.74) is 0.0776. The van der Waals surface area contributed by atoms with E-state index in [4.69, 9.17) is 18.3 Å². The molecule has 0 aliphatic carbocycles. The molecule has 0 saturated carbocycles. The summed E-state index contributed by atoms with van der Waals surface area (Å²) in [6.07, 6.45) is -1.56. The third-order valence-electron chi connectivity index (χ3n) is 12.3. The van der Waals surface area contributed by atoms with Crippen LogP contribution in [0, 0.1) is 17.0 Å². The molecule has 67 heavy (non-hydrogen) atoms. The number of hydrogen-bond donors (Lipinski definition) is 0. The molecule has 23 heteroatoms. The fraction of sp³-hybridized carbons (Fsp3) is 0.500. The number of fused-ring (bicyclic) bond motifs is 2. The molecule has 0 radical (unpaired) electrons. The van der Waals surface area contributed by atoms with Crippen LogP contribution in [0.1, 0.15) is 70.6 Å². The molecule has 4 aliphatic rings. The van der Waals surface area contributed by atoms with Gasteiger partial charge in [0.15, 0.2) is 5.76 Å². The minimum Gasteiger partial charge on any atom is -0.632 e. The number of sulfonamides is 2. The molecule has 4 aliphatic heterocycles. The van der Waals surface area contributed by atoms with E-state index in [1.165, 1.54) is 57.7 Å². The molecular formula is C44H50F6N4O11S2. The van der Waals surface area contributed by atoms with Crippen LogP contribution in [0.5, 0.6) is 11.5 Å². The molecule has 0 amide bonds. The number of hydroxylamine groups is 3. The Morgan fingerprint density at radius 2 is 1.07 bits per heavy atom. The number of quaternary nitrogens is 1. The molecular weight excluding hydrogens is 939 g/mol. The summed E-state index contributed by atoms with van der Waals surface area (Å²) in [5.74, 6) is 0.842. The Kier molecular flexibility index (Phi) is 14.7. The highest BCUT2D eigenvalue weighted by Gasteiger charge is 2.36. The Morgan fingerprint density at radius 3 is 1.55 bits per heavy atom. The summed E-state index contributed by atoms with van der Waals surface area (Å²) in [4.78, 5) is 26.8. The SMILES string of the molecule is CS(=O)(=O)N1CCC(COc2coc(CN3Cc4ccc(C(F)(F)F)cc4C3)cc2=O)CC1.CS(=O)(=O)N1CCC(COc2coc(C[N+]3([O-])Cc4ccc(C(F)(F)F)cc4C3)cc2=O)CC1. The van der Waals surface area contributed by atoms with Gasteiger partial charge < -0.3 is 28.2 Å². The van der Waals surface area contributed by atoms with E-state index in [0.29, 0.717) is 94.0 Å². The number of hydrogen-bond acceptors (Lipinski definition) is 12. The Morgan fingerprint density at radius 1 is 0.642 bits per heavy atom. The van der Waals surface area contributed by atoms with Crippen LogP contribution in [-0.4, -0.2) is 86.9 Å². The van der Waals surface area contributed by atoms with Crippen molar-refractivity contribution in [2.24, 2.45) is 11.8 Å². The highest BCUT2D eigenvalue weighted by molar-refractivity contribution is 7.88. The molecule has 6 heterocycles. The van der Waals surface area contributed by atoms with Crippen molar-refractivity contribution < 1.29 is 66.1 Å². The first-order valence-corrected chi connectivity index (χ1v) is 25.1. The Labute approximate surface area is 382 Å². The van der Waals surface area contributed by atoms with Crippen molar-refractivity contribution in [2.75, 3.05) is 51.9 Å². The van der Waals surface area contributed by atoms with Crippen molar-refractivity contribution >= 4 is 20.0 Å². The van der Waals surface area contributed by atoms with Gasteiger partial charge in [-0.1, -0.05) is 12.1 Å². The first-order valence-electron chi connectivity index (χ1n) is 21.4. The average molecular weight is 989 g/mol. The van der Waals surface area contributed by atoms with Gasteiger partial charge in [-0.3, -0.25) is 14.5 Å². The van der Waals surface area contributed by atoms with Crippen LogP contribution in [0.2, 0.25) is 0 Å². The third kappa shape index (κ3) is 13.1. The van der Waals surface area contributed by atoms with Crippen molar-refractivity contribution in [1.29, 1.82) is 0 Å². The molecule has 8 rings (SSSR count). The van der Waals surface area contributed by atoms with Crippen LogP contribution >= 0.6 is 0 Å². The fourth-order valence-electron chi connectivity index (χ4n) is 8.63. The van der Waals surface area contributed by atoms with E-state index in [2.05, 4.69) is 0 Å². The second-order valence-electron chi connectivity index (χ2n) is 17.6. The van der Waals surface area contributed by atoms with Gasteiger partial charge in [0.1, 0.15) is 37.9 Å². The van der Waals surface area contributed by atoms with E-state index >= 15 is 0 Å². The number of halogens is 6. The largest absolute Gasteiger partial charge is 0.632 e. The molecule has 15 nitrogen and oxygen atoms in total. The summed E-state index contributed by atoms with van der Waals surface area (Å²) < 4.78 is 148. The van der Waals surface area contributed by atoms with E-state index in [-0.39, 0.29) is 67.3 Å². The quantitative estimate of drug-likeness (QED) is 0.0861. The molecule has 0 N–H and O–H groups in total. The van der Waals surface area contributed by atoms with Crippen molar-refractivity contribution in [3.63, 3.8) is 0 Å². The molecule has 0 bridgehead atoms. The zero-order valence-corrected chi connectivity index (χ0v) is 38.2. The monoisotopic (exact) mass is 988 g/mol. The Hall–Kier alpha value is -4.78. The topological polar surface area (TPSA) is 180 Å². The second-order valence-corrected chi connectivity index (χ2v) is 21.6. The summed E-state index contributed by atoms with van der Waals surface area (Å²) in [7, 11) is -6.41. The number of piperidine rings is 2. The van der Waals surface area contributed by atoms with Crippen molar-refractivity contribution in [1.82, 2.24) is 13.5 Å². The van der Waals surface area contributed by atoms with Gasteiger partial charge in [0.25, 0.3) is 0 Å². The maximum atomic E-state index is 13.1. The standard InChI is InChI=1S/C22H25F3N2O6S.C22H25F3N2O5S/c1-34(30,31)26-6-4-15(5-7-26)13-33-21-14-32-19(9-20(21)28)12-27(29)10-16-2-3-18(22(23,24)25)8-17(16)11-27;1-33(29,30)27-6-4-15(5-7-27)13-32-21-14-31-19(9-20(21)28)12-26-10-16-2-3-18(22(23,24)25)8-17(16)11-26/h2-3,8-9,14-15H,4-7,10-13H2,1H3;2-3,8-9,14-15H,4-7,10-13H2,1H3. The number of benzene rings is 2. The van der Waals surface area contributed by atoms with Gasteiger partial charge >= 0.3 is 12.4 Å². The van der Waals surface area contributed by atoms with E-state index in [1.54, 1.807) is 0 Å². The van der Waals surface area contributed by atoms with Crippen LogP contribution in [0.4, 0.5) is 26.3 Å². The highest BCUT2D eigenvalue weighted by atomic mass is 32.2. The molecule has 1 atom stereocenters. The molecule has 1 unspecified atom stereocenters. The van der Waals surface area contributed by atoms with E-state index < -0.39 is 53.6 Å². The molecule has 2 aromatic carbocycles. The number of rotatable bonds is 12. The van der Waals surface area contributed by atoms with Crippen LogP contribution in [0.15, 0.2) is 79.5 Å². The lowest BCUT2D eigenvalue weighted by Gasteiger charge is -2.37. The van der Waals surface area contributed by atoms with Gasteiger partial charge in [0, 0.05) is 62.5 Å². The van der Waals surface area contributed by atoms with Crippen molar-refractivity contribution in [3.8, 4) is 11.5 Å². The van der Waals surface area contributed by atoms with Gasteiger partial charge in [-0.15, -0.1) is 0 Å². The number of ether oxygens (including phenoxy) is 2. The second kappa shape index (κ2) is 19.7. The van der Waals surface area contributed by atoms with E-state index in [1.807, 2.05) is 4.90 Å². The van der Waals surface area contributed by atoms with Crippen molar-refractivity contribution in [3.05, 3.63) is 132 Å². The molecule has 0 spiro atoms. The van der Waals surface area contributed by atoms with Crippen LogP contribution in [0.3, 0.4) is 0 Å². The van der Waals surface area contributed by atoms with E-state index in [9.17, 15) is 58.0 Å². The maximum Gasteiger partial charge on any atom is 0.416 e. The van der Waals surface area contributed by atoms with E-state index in [0.717, 1.165) is 30.0 Å². The Bertz CT molecular complexity index is 2770. The first-order chi connectivity index (χ1) is 31.3. The minimum absolute atomic E-state index is 0.00808. The molecule has 2 aromatic heterocycles. The summed E-state index contributed by atoms with van der Waals surface area (Å²) >= 11 is 0. The predicted octanol–water partition coefficient (Wildman–Crippen LogP) is 6.46. The lowest BCUT2D eigenvalue weighted by atomic mass is 9.99. The molecule has 366 valence electrons. The van der Waals surface area contributed by atoms with Crippen molar-refractivity contribution in [2.45, 2.75) is 77.3 Å². The zero-order valence-electron chi connectivity index (χ0n) is 36.6. The third-order valence-corrected chi connectivity index (χ3v) is 14.9. The highest BCUT2D eigenvalue weighted by Crippen LogP contribution is 2.37. The van der Waals surface area contributed by atoms with Gasteiger partial charge in [0.05, 0.1) is 43.4 Å². The molecule has 4 aromatic rings. The van der Waals surface area contributed by atoms with Gasteiger partial charge in [-0.05, 0) is 72.9 Å². The lowest BCUT2D eigenvalue weighted by Crippen LogP contribution is -2.39.